The second-order valence-corrected chi connectivity index (χ2v) is 16.3. The molecule has 13 nitrogen and oxygen atoms in total. The fourth-order valence-electron chi connectivity index (χ4n) is 6.42. The van der Waals surface area contributed by atoms with Gasteiger partial charge in [-0.25, -0.2) is 4.57 Å². The largest absolute Gasteiger partial charge is 0.472 e. The lowest BCUT2D eigenvalue weighted by atomic mass is 9.85. The quantitative estimate of drug-likeness (QED) is 0.0154. The van der Waals surface area contributed by atoms with E-state index >= 15 is 0 Å². The Morgan fingerprint density at radius 3 is 1.61 bits per heavy atom. The van der Waals surface area contributed by atoms with Crippen LogP contribution in [0.5, 0.6) is 0 Å². The summed E-state index contributed by atoms with van der Waals surface area (Å²) in [5.74, 6) is -1.21. The number of aliphatic hydroxyl groups excluding tert-OH is 5. The Bertz CT molecular complexity index is 1310. The van der Waals surface area contributed by atoms with Crippen molar-refractivity contribution in [3.63, 3.8) is 0 Å². The Hall–Kier alpha value is -1.41. The monoisotopic (exact) mass is 830 g/mol. The predicted molar refractivity (Wildman–Crippen MR) is 217 cm³/mol. The number of rotatable bonds is 36. The van der Waals surface area contributed by atoms with Gasteiger partial charge >= 0.3 is 19.8 Å². The topological polar surface area (TPSA) is 210 Å². The van der Waals surface area contributed by atoms with Crippen LogP contribution >= 0.6 is 7.82 Å². The first-order chi connectivity index (χ1) is 29.6. The smallest absolute Gasteiger partial charge is 0.462 e. The number of unbranched alkanes of at least 4 members (excludes halogenated alkanes) is 19. The second-order valence-electron chi connectivity index (χ2n) is 14.9. The molecule has 1 saturated carbocycles. The molecule has 0 amide bonds. The molecule has 0 aromatic rings. The lowest BCUT2D eigenvalue weighted by Crippen LogP contribution is -2.64. The van der Waals surface area contributed by atoms with Crippen molar-refractivity contribution in [1.82, 2.24) is 0 Å². The predicted octanol–water partition coefficient (Wildman–Crippen LogP) is 7.89. The summed E-state index contributed by atoms with van der Waals surface area (Å²) in [5, 5.41) is 50.1. The van der Waals surface area contributed by atoms with E-state index in [-0.39, 0.29) is 19.3 Å². The van der Waals surface area contributed by atoms with Gasteiger partial charge in [0.2, 0.25) is 0 Å². The van der Waals surface area contributed by atoms with Crippen LogP contribution in [0.15, 0.2) is 12.2 Å². The Morgan fingerprint density at radius 2 is 1.09 bits per heavy atom. The molecule has 56 heavy (non-hydrogen) atoms. The number of ether oxygens (including phenoxy) is 2. The normalized spacial score (nSPS) is 25.5. The minimum absolute atomic E-state index is 0.0113. The van der Waals surface area contributed by atoms with E-state index in [1.54, 1.807) is 0 Å². The minimum Gasteiger partial charge on any atom is -0.462 e. The van der Waals surface area contributed by atoms with Crippen molar-refractivity contribution in [3.8, 4) is 0 Å². The number of carbonyl (C=O) groups excluding carboxylic acids is 2. The number of carbonyl (C=O) groups is 2. The third-order valence-electron chi connectivity index (χ3n) is 9.89. The molecule has 0 radical (unpaired) electrons. The summed E-state index contributed by atoms with van der Waals surface area (Å²) in [5.41, 5.74) is 0. The maximum absolute atomic E-state index is 12.8. The molecule has 1 aliphatic carbocycles. The van der Waals surface area contributed by atoms with Crippen LogP contribution in [0.4, 0.5) is 0 Å². The highest BCUT2D eigenvalue weighted by Gasteiger charge is 2.51. The zero-order chi connectivity index (χ0) is 47.5. The van der Waals surface area contributed by atoms with Crippen LogP contribution in [0.1, 0.15) is 197 Å². The van der Waals surface area contributed by atoms with Crippen LogP contribution in [-0.2, 0) is 32.7 Å². The van der Waals surface area contributed by atoms with Gasteiger partial charge in [-0.05, 0) is 38.5 Å². The SMILES string of the molecule is [2H]C([2H])([2H])C([2H])([2H])C([2H])([2H])CCCCC/C=C/CCCCCCCC(=O)O[C@H](COC(=O)CCCCCCCCCCCCCC)COP(=O)(O)OC1[C@H](O)[C@H](O)C(O)[C@H](O)[C@H]1O. The molecule has 0 aromatic carbocycles. The number of phosphoric ester groups is 1. The molecule has 0 aliphatic heterocycles. The molecule has 0 bridgehead atoms. The molecule has 1 rings (SSSR count). The molecule has 0 saturated heterocycles. The van der Waals surface area contributed by atoms with Crippen LogP contribution in [-0.4, -0.2) is 98.3 Å². The van der Waals surface area contributed by atoms with E-state index in [0.717, 1.165) is 70.6 Å². The summed E-state index contributed by atoms with van der Waals surface area (Å²) in [6, 6.07) is 0. The third kappa shape index (κ3) is 25.8. The summed E-state index contributed by atoms with van der Waals surface area (Å²) in [4.78, 5) is 35.7. The first-order valence-electron chi connectivity index (χ1n) is 24.6. The molecular formula is C42H79O13P. The van der Waals surface area contributed by atoms with Gasteiger partial charge < -0.3 is 39.9 Å². The zero-order valence-corrected chi connectivity index (χ0v) is 34.7. The number of hydrogen-bond acceptors (Lipinski definition) is 12. The van der Waals surface area contributed by atoms with Gasteiger partial charge in [0.25, 0.3) is 0 Å². The molecule has 6 N–H and O–H groups in total. The van der Waals surface area contributed by atoms with Gasteiger partial charge in [-0.15, -0.1) is 0 Å². The fourth-order valence-corrected chi connectivity index (χ4v) is 7.40. The maximum Gasteiger partial charge on any atom is 0.472 e. The second kappa shape index (κ2) is 33.4. The standard InChI is InChI=1S/C42H79O13P/c1-3-5-7-9-11-13-15-17-18-19-21-23-25-27-29-31-36(44)54-34(32-52-35(43)30-28-26-24-22-20-16-14-12-10-8-6-4-2)33-53-56(50,51)55-42-40(48)38(46)37(45)39(47)41(42)49/h17-18,34,37-42,45-49H,3-16,19-33H2,1-2H3,(H,50,51)/b18-17+/t34-,37?,38-,39+,40-,41-,42?/m1/s1/i1D3,3D2,5D2. The lowest BCUT2D eigenvalue weighted by molar-refractivity contribution is -0.220. The molecule has 0 aromatic heterocycles. The summed E-state index contributed by atoms with van der Waals surface area (Å²) in [6.07, 6.45) is 6.08. The highest BCUT2D eigenvalue weighted by molar-refractivity contribution is 7.47. The van der Waals surface area contributed by atoms with E-state index in [1.165, 1.54) is 44.9 Å². The average Bonchev–Trinajstić information content (AvgIpc) is 3.21. The van der Waals surface area contributed by atoms with Gasteiger partial charge in [0.15, 0.2) is 6.10 Å². The van der Waals surface area contributed by atoms with Crippen LogP contribution < -0.4 is 0 Å². The lowest BCUT2D eigenvalue weighted by Gasteiger charge is -2.41. The van der Waals surface area contributed by atoms with Crippen molar-refractivity contribution < 1.29 is 72.7 Å². The zero-order valence-electron chi connectivity index (χ0n) is 40.8. The highest BCUT2D eigenvalue weighted by Crippen LogP contribution is 2.47. The molecule has 1 aliphatic rings. The van der Waals surface area contributed by atoms with E-state index < -0.39 is 95.3 Å². The van der Waals surface area contributed by atoms with Crippen molar-refractivity contribution in [2.24, 2.45) is 0 Å². The summed E-state index contributed by atoms with van der Waals surface area (Å²) < 4.78 is 86.4. The Balaban J connectivity index is 2.48. The summed E-state index contributed by atoms with van der Waals surface area (Å²) in [7, 11) is -5.16. The van der Waals surface area contributed by atoms with E-state index in [9.17, 15) is 44.6 Å². The number of hydrogen-bond donors (Lipinski definition) is 6. The number of esters is 2. The summed E-state index contributed by atoms with van der Waals surface area (Å²) in [6.45, 7) is -2.10. The molecule has 0 spiro atoms. The van der Waals surface area contributed by atoms with Crippen molar-refractivity contribution in [2.45, 2.75) is 230 Å². The van der Waals surface area contributed by atoms with E-state index in [2.05, 4.69) is 13.0 Å². The maximum atomic E-state index is 12.8. The minimum atomic E-state index is -5.16. The van der Waals surface area contributed by atoms with Crippen LogP contribution in [0.2, 0.25) is 0 Å². The van der Waals surface area contributed by atoms with Crippen LogP contribution in [0.3, 0.4) is 0 Å². The van der Waals surface area contributed by atoms with Crippen LogP contribution in [0, 0.1) is 0 Å². The molecule has 0 heterocycles. The van der Waals surface area contributed by atoms with Gasteiger partial charge in [-0.3, -0.25) is 18.6 Å². The first kappa shape index (κ1) is 41.3. The molecule has 8 atom stereocenters. The molecule has 3 unspecified atom stereocenters. The Labute approximate surface area is 347 Å². The van der Waals surface area contributed by atoms with Gasteiger partial charge in [0, 0.05) is 22.4 Å². The molecule has 1 fully saturated rings. The molecule has 330 valence electrons. The Morgan fingerprint density at radius 1 is 0.643 bits per heavy atom. The van der Waals surface area contributed by atoms with Crippen LogP contribution in [0.25, 0.3) is 0 Å². The van der Waals surface area contributed by atoms with Gasteiger partial charge in [-0.1, -0.05) is 148 Å². The number of allylic oxidation sites excluding steroid dienone is 2. The third-order valence-corrected chi connectivity index (χ3v) is 10.9. The Kier molecular flexibility index (Phi) is 24.7. The van der Waals surface area contributed by atoms with Crippen molar-refractivity contribution >= 4 is 19.8 Å². The number of aliphatic hydroxyl groups is 5. The summed E-state index contributed by atoms with van der Waals surface area (Å²) >= 11 is 0. The molecular weight excluding hydrogens is 743 g/mol. The van der Waals surface area contributed by atoms with Gasteiger partial charge in [0.05, 0.1) is 6.61 Å². The van der Waals surface area contributed by atoms with Gasteiger partial charge in [-0.2, -0.15) is 0 Å². The van der Waals surface area contributed by atoms with Crippen molar-refractivity contribution in [3.05, 3.63) is 12.2 Å². The van der Waals surface area contributed by atoms with E-state index in [4.69, 9.17) is 28.1 Å². The van der Waals surface area contributed by atoms with Crippen molar-refractivity contribution in [1.29, 1.82) is 0 Å². The van der Waals surface area contributed by atoms with E-state index in [1.807, 2.05) is 6.08 Å². The average molecular weight is 830 g/mol. The highest BCUT2D eigenvalue weighted by atomic mass is 31.2. The van der Waals surface area contributed by atoms with E-state index in [0.29, 0.717) is 25.7 Å². The molecule has 14 heteroatoms. The fraction of sp³-hybridized carbons (Fsp3) is 0.905. The number of phosphoric acid groups is 1. The first-order valence-corrected chi connectivity index (χ1v) is 22.6. The van der Waals surface area contributed by atoms with Crippen molar-refractivity contribution in [2.75, 3.05) is 13.2 Å². The van der Waals surface area contributed by atoms with Gasteiger partial charge in [0.1, 0.15) is 43.2 Å².